The number of methoxy groups -OCH3 is 1. The lowest BCUT2D eigenvalue weighted by Crippen LogP contribution is -1.98. The lowest BCUT2D eigenvalue weighted by molar-refractivity contribution is 0.416. The van der Waals surface area contributed by atoms with Crippen molar-refractivity contribution in [2.75, 3.05) is 12.8 Å². The number of ether oxygens (including phenoxy) is 1. The Labute approximate surface area is 125 Å². The van der Waals surface area contributed by atoms with Crippen LogP contribution in [-0.4, -0.2) is 16.9 Å². The van der Waals surface area contributed by atoms with Crippen molar-refractivity contribution in [3.05, 3.63) is 29.5 Å². The average molecular weight is 285 g/mol. The maximum absolute atomic E-state index is 6.32. The molecule has 4 nitrogen and oxygen atoms in total. The summed E-state index contributed by atoms with van der Waals surface area (Å²) >= 11 is 0. The molecule has 0 unspecified atom stereocenters. The number of anilines is 1. The van der Waals surface area contributed by atoms with Gasteiger partial charge in [-0.3, -0.25) is 4.68 Å². The summed E-state index contributed by atoms with van der Waals surface area (Å²) in [6.45, 7) is 2.09. The fraction of sp³-hybridized carbons (Fsp3) is 0.471. The maximum atomic E-state index is 6.32. The molecule has 0 bridgehead atoms. The molecule has 21 heavy (non-hydrogen) atoms. The number of hydrogen-bond acceptors (Lipinski definition) is 3. The molecule has 1 aromatic heterocycles. The minimum Gasteiger partial charge on any atom is -0.496 e. The van der Waals surface area contributed by atoms with E-state index in [1.807, 2.05) is 13.1 Å². The van der Waals surface area contributed by atoms with Gasteiger partial charge in [-0.1, -0.05) is 24.5 Å². The second-order valence-corrected chi connectivity index (χ2v) is 5.95. The summed E-state index contributed by atoms with van der Waals surface area (Å²) in [7, 11) is 3.62. The SMILES string of the molecule is COc1ccc(C)cc1-c1c(C2CCCC2)nn(C)c1N. The standard InChI is InChI=1S/C17H23N3O/c1-11-8-9-14(21-3)13(10-11)15-16(12-6-4-5-7-12)19-20(2)17(15)18/h8-10,12H,4-7,18H2,1-3H3. The number of benzene rings is 1. The van der Waals surface area contributed by atoms with E-state index in [2.05, 4.69) is 19.1 Å². The molecule has 1 aliphatic carbocycles. The third-order valence-electron chi connectivity index (χ3n) is 4.48. The van der Waals surface area contributed by atoms with Crippen molar-refractivity contribution in [3.63, 3.8) is 0 Å². The molecule has 1 aromatic carbocycles. The fourth-order valence-electron chi connectivity index (χ4n) is 3.34. The van der Waals surface area contributed by atoms with Crippen LogP contribution in [-0.2, 0) is 7.05 Å². The number of hydrogen-bond donors (Lipinski definition) is 1. The van der Waals surface area contributed by atoms with Crippen LogP contribution in [0.2, 0.25) is 0 Å². The predicted octanol–water partition coefficient (Wildman–Crippen LogP) is 3.64. The van der Waals surface area contributed by atoms with E-state index >= 15 is 0 Å². The van der Waals surface area contributed by atoms with E-state index < -0.39 is 0 Å². The van der Waals surface area contributed by atoms with Gasteiger partial charge in [0.15, 0.2) is 0 Å². The Hall–Kier alpha value is -1.97. The summed E-state index contributed by atoms with van der Waals surface area (Å²) < 4.78 is 7.34. The second-order valence-electron chi connectivity index (χ2n) is 5.95. The number of aryl methyl sites for hydroxylation is 2. The van der Waals surface area contributed by atoms with Crippen LogP contribution in [0.1, 0.15) is 42.9 Å². The zero-order valence-electron chi connectivity index (χ0n) is 13.0. The third-order valence-corrected chi connectivity index (χ3v) is 4.48. The minimum absolute atomic E-state index is 0.522. The van der Waals surface area contributed by atoms with Gasteiger partial charge in [0.25, 0.3) is 0 Å². The highest BCUT2D eigenvalue weighted by Crippen LogP contribution is 2.43. The van der Waals surface area contributed by atoms with E-state index in [1.165, 1.54) is 31.2 Å². The summed E-state index contributed by atoms with van der Waals surface area (Å²) in [4.78, 5) is 0. The number of nitrogen functional groups attached to an aromatic ring is 1. The largest absolute Gasteiger partial charge is 0.496 e. The molecule has 0 saturated heterocycles. The average Bonchev–Trinajstić information content (AvgIpc) is 3.08. The Balaban J connectivity index is 2.19. The van der Waals surface area contributed by atoms with Crippen LogP contribution >= 0.6 is 0 Å². The smallest absolute Gasteiger partial charge is 0.129 e. The highest BCUT2D eigenvalue weighted by Gasteiger charge is 2.27. The summed E-state index contributed by atoms with van der Waals surface area (Å²) in [6, 6.07) is 6.21. The molecule has 0 radical (unpaired) electrons. The molecule has 0 atom stereocenters. The lowest BCUT2D eigenvalue weighted by atomic mass is 9.94. The molecule has 4 heteroatoms. The van der Waals surface area contributed by atoms with E-state index in [0.29, 0.717) is 5.92 Å². The van der Waals surface area contributed by atoms with E-state index in [1.54, 1.807) is 11.8 Å². The molecule has 0 amide bonds. The lowest BCUT2D eigenvalue weighted by Gasteiger charge is -2.13. The zero-order chi connectivity index (χ0) is 15.0. The van der Waals surface area contributed by atoms with Crippen molar-refractivity contribution in [2.24, 2.45) is 7.05 Å². The van der Waals surface area contributed by atoms with E-state index in [9.17, 15) is 0 Å². The van der Waals surface area contributed by atoms with Crippen LogP contribution in [0.3, 0.4) is 0 Å². The molecular weight excluding hydrogens is 262 g/mol. The summed E-state index contributed by atoms with van der Waals surface area (Å²) in [5, 5.41) is 4.71. The number of nitrogens with two attached hydrogens (primary N) is 1. The van der Waals surface area contributed by atoms with Crippen LogP contribution in [0.15, 0.2) is 18.2 Å². The first-order valence-corrected chi connectivity index (χ1v) is 7.59. The molecule has 1 heterocycles. The number of nitrogens with zero attached hydrogens (tertiary/aromatic N) is 2. The molecule has 1 aliphatic rings. The predicted molar refractivity (Wildman–Crippen MR) is 85.6 cm³/mol. The molecule has 2 aromatic rings. The number of aromatic nitrogens is 2. The van der Waals surface area contributed by atoms with Crippen LogP contribution < -0.4 is 10.5 Å². The van der Waals surface area contributed by atoms with Gasteiger partial charge in [-0.15, -0.1) is 0 Å². The van der Waals surface area contributed by atoms with Crippen LogP contribution in [0.5, 0.6) is 5.75 Å². The van der Waals surface area contributed by atoms with Gasteiger partial charge in [-0.2, -0.15) is 5.10 Å². The quantitative estimate of drug-likeness (QED) is 0.936. The second kappa shape index (κ2) is 5.43. The molecular formula is C17H23N3O. The van der Waals surface area contributed by atoms with Crippen LogP contribution in [0.4, 0.5) is 5.82 Å². The first-order chi connectivity index (χ1) is 10.1. The van der Waals surface area contributed by atoms with Crippen molar-refractivity contribution in [2.45, 2.75) is 38.5 Å². The Bertz CT molecular complexity index is 654. The molecule has 1 saturated carbocycles. The van der Waals surface area contributed by atoms with Crippen molar-refractivity contribution in [1.82, 2.24) is 9.78 Å². The first-order valence-electron chi connectivity index (χ1n) is 7.59. The van der Waals surface area contributed by atoms with Gasteiger partial charge in [0.2, 0.25) is 0 Å². The first kappa shape index (κ1) is 14.0. The van der Waals surface area contributed by atoms with E-state index in [0.717, 1.165) is 28.4 Å². The van der Waals surface area contributed by atoms with Gasteiger partial charge in [0.1, 0.15) is 11.6 Å². The molecule has 0 aliphatic heterocycles. The van der Waals surface area contributed by atoms with Crippen molar-refractivity contribution >= 4 is 5.82 Å². The van der Waals surface area contributed by atoms with E-state index in [-0.39, 0.29) is 0 Å². The van der Waals surface area contributed by atoms with Crippen LogP contribution in [0, 0.1) is 6.92 Å². The minimum atomic E-state index is 0.522. The van der Waals surface area contributed by atoms with Gasteiger partial charge in [0, 0.05) is 18.5 Å². The summed E-state index contributed by atoms with van der Waals surface area (Å²) in [5.41, 5.74) is 10.8. The third kappa shape index (κ3) is 2.39. The Morgan fingerprint density at radius 1 is 1.29 bits per heavy atom. The highest BCUT2D eigenvalue weighted by molar-refractivity contribution is 5.82. The van der Waals surface area contributed by atoms with E-state index in [4.69, 9.17) is 15.6 Å². The van der Waals surface area contributed by atoms with Gasteiger partial charge in [0.05, 0.1) is 18.4 Å². The van der Waals surface area contributed by atoms with Gasteiger partial charge < -0.3 is 10.5 Å². The molecule has 1 fully saturated rings. The maximum Gasteiger partial charge on any atom is 0.129 e. The monoisotopic (exact) mass is 285 g/mol. The van der Waals surface area contributed by atoms with Crippen molar-refractivity contribution < 1.29 is 4.74 Å². The normalized spacial score (nSPS) is 15.6. The molecule has 0 spiro atoms. The molecule has 3 rings (SSSR count). The topological polar surface area (TPSA) is 53.1 Å². The van der Waals surface area contributed by atoms with Crippen LogP contribution in [0.25, 0.3) is 11.1 Å². The highest BCUT2D eigenvalue weighted by atomic mass is 16.5. The Morgan fingerprint density at radius 3 is 2.67 bits per heavy atom. The van der Waals surface area contributed by atoms with Gasteiger partial charge >= 0.3 is 0 Å². The summed E-state index contributed by atoms with van der Waals surface area (Å²) in [5.74, 6) is 2.11. The molecule has 112 valence electrons. The van der Waals surface area contributed by atoms with Gasteiger partial charge in [-0.25, -0.2) is 0 Å². The zero-order valence-corrected chi connectivity index (χ0v) is 13.0. The number of rotatable bonds is 3. The Morgan fingerprint density at radius 2 is 2.00 bits per heavy atom. The van der Waals surface area contributed by atoms with Crippen molar-refractivity contribution in [3.8, 4) is 16.9 Å². The van der Waals surface area contributed by atoms with Crippen molar-refractivity contribution in [1.29, 1.82) is 0 Å². The fourth-order valence-corrected chi connectivity index (χ4v) is 3.34. The van der Waals surface area contributed by atoms with Gasteiger partial charge in [-0.05, 0) is 31.9 Å². The molecule has 2 N–H and O–H groups in total. The summed E-state index contributed by atoms with van der Waals surface area (Å²) in [6.07, 6.45) is 4.98. The Kier molecular flexibility index (Phi) is 3.62.